The van der Waals surface area contributed by atoms with E-state index in [1.807, 2.05) is 6.92 Å². The van der Waals surface area contributed by atoms with Crippen molar-refractivity contribution in [2.24, 2.45) is 7.05 Å². The van der Waals surface area contributed by atoms with Gasteiger partial charge in [-0.15, -0.1) is 5.10 Å². The summed E-state index contributed by atoms with van der Waals surface area (Å²) in [4.78, 5) is 36.9. The zero-order chi connectivity index (χ0) is 18.3. The van der Waals surface area contributed by atoms with Gasteiger partial charge in [0.25, 0.3) is 11.5 Å². The van der Waals surface area contributed by atoms with E-state index in [1.54, 1.807) is 41.1 Å². The number of hydrogen-bond donors (Lipinski definition) is 0. The first-order valence-corrected chi connectivity index (χ1v) is 8.41. The smallest absolute Gasteiger partial charge is 0.254 e. The van der Waals surface area contributed by atoms with Gasteiger partial charge in [0.05, 0.1) is 12.4 Å². The molecule has 26 heavy (non-hydrogen) atoms. The van der Waals surface area contributed by atoms with Crippen molar-refractivity contribution in [1.82, 2.24) is 29.0 Å². The molecular weight excluding hydrogens is 334 g/mol. The molecule has 0 unspecified atom stereocenters. The van der Waals surface area contributed by atoms with Crippen LogP contribution in [-0.2, 0) is 7.05 Å². The molecule has 1 saturated heterocycles. The summed E-state index contributed by atoms with van der Waals surface area (Å²) < 4.78 is 3.23. The van der Waals surface area contributed by atoms with Gasteiger partial charge in [-0.1, -0.05) is 0 Å². The Hall–Kier alpha value is -3.23. The lowest BCUT2D eigenvalue weighted by Crippen LogP contribution is -2.49. The van der Waals surface area contributed by atoms with Crippen molar-refractivity contribution in [3.8, 4) is 0 Å². The standard InChI is InChI=1S/C17H19N7O2/c1-12-19-14-10-18-11-15(24(14)20-12)22-5-7-23(8-6-22)17(26)13-3-4-21(2)16(25)9-13/h3-4,9-11H,5-8H2,1-2H3. The largest absolute Gasteiger partial charge is 0.352 e. The minimum absolute atomic E-state index is 0.115. The van der Waals surface area contributed by atoms with Gasteiger partial charge in [-0.25, -0.2) is 4.98 Å². The summed E-state index contributed by atoms with van der Waals surface area (Å²) in [6, 6.07) is 3.07. The van der Waals surface area contributed by atoms with Crippen LogP contribution in [0.5, 0.6) is 0 Å². The highest BCUT2D eigenvalue weighted by atomic mass is 16.2. The van der Waals surface area contributed by atoms with Crippen molar-refractivity contribution >= 4 is 17.4 Å². The van der Waals surface area contributed by atoms with Gasteiger partial charge < -0.3 is 14.4 Å². The van der Waals surface area contributed by atoms with Crippen LogP contribution in [0.25, 0.3) is 5.65 Å². The van der Waals surface area contributed by atoms with Crippen LogP contribution in [-0.4, -0.2) is 61.1 Å². The number of carbonyl (C=O) groups is 1. The summed E-state index contributed by atoms with van der Waals surface area (Å²) in [6.07, 6.45) is 5.06. The van der Waals surface area contributed by atoms with E-state index in [-0.39, 0.29) is 11.5 Å². The van der Waals surface area contributed by atoms with E-state index in [4.69, 9.17) is 0 Å². The zero-order valence-corrected chi connectivity index (χ0v) is 14.7. The first kappa shape index (κ1) is 16.2. The summed E-state index contributed by atoms with van der Waals surface area (Å²) in [5.74, 6) is 1.44. The molecule has 0 aliphatic carbocycles. The molecule has 0 aromatic carbocycles. The maximum Gasteiger partial charge on any atom is 0.254 e. The Labute approximate surface area is 149 Å². The molecule has 4 heterocycles. The van der Waals surface area contributed by atoms with Crippen molar-refractivity contribution in [2.45, 2.75) is 6.92 Å². The van der Waals surface area contributed by atoms with Crippen LogP contribution in [0.4, 0.5) is 5.82 Å². The summed E-state index contributed by atoms with van der Waals surface area (Å²) in [6.45, 7) is 4.31. The highest BCUT2D eigenvalue weighted by Crippen LogP contribution is 2.17. The molecule has 134 valence electrons. The van der Waals surface area contributed by atoms with E-state index >= 15 is 0 Å². The predicted octanol–water partition coefficient (Wildman–Crippen LogP) is 0.0938. The Morgan fingerprint density at radius 3 is 2.65 bits per heavy atom. The molecule has 0 spiro atoms. The third-order valence-corrected chi connectivity index (χ3v) is 4.58. The summed E-state index contributed by atoms with van der Waals surface area (Å²) in [5, 5.41) is 4.41. The van der Waals surface area contributed by atoms with E-state index < -0.39 is 0 Å². The summed E-state index contributed by atoms with van der Waals surface area (Å²) in [7, 11) is 1.66. The maximum atomic E-state index is 12.6. The average molecular weight is 353 g/mol. The van der Waals surface area contributed by atoms with Gasteiger partial charge in [0.1, 0.15) is 5.82 Å². The first-order chi connectivity index (χ1) is 12.5. The molecule has 0 N–H and O–H groups in total. The number of nitrogens with zero attached hydrogens (tertiary/aromatic N) is 7. The molecule has 1 aliphatic rings. The average Bonchev–Trinajstić information content (AvgIpc) is 3.03. The Balaban J connectivity index is 1.50. The van der Waals surface area contributed by atoms with Gasteiger partial charge in [-0.3, -0.25) is 14.6 Å². The van der Waals surface area contributed by atoms with Crippen LogP contribution in [0.3, 0.4) is 0 Å². The lowest BCUT2D eigenvalue weighted by molar-refractivity contribution is 0.0746. The molecule has 3 aromatic rings. The van der Waals surface area contributed by atoms with Crippen molar-refractivity contribution in [3.63, 3.8) is 0 Å². The molecule has 1 aliphatic heterocycles. The van der Waals surface area contributed by atoms with Crippen molar-refractivity contribution in [2.75, 3.05) is 31.1 Å². The lowest BCUT2D eigenvalue weighted by atomic mass is 10.2. The van der Waals surface area contributed by atoms with Gasteiger partial charge in [0.15, 0.2) is 11.5 Å². The van der Waals surface area contributed by atoms with E-state index in [0.29, 0.717) is 43.2 Å². The van der Waals surface area contributed by atoms with Crippen LogP contribution < -0.4 is 10.5 Å². The van der Waals surface area contributed by atoms with E-state index in [1.165, 1.54) is 10.6 Å². The maximum absolute atomic E-state index is 12.6. The molecule has 3 aromatic heterocycles. The highest BCUT2D eigenvalue weighted by molar-refractivity contribution is 5.94. The molecule has 0 atom stereocenters. The minimum Gasteiger partial charge on any atom is -0.352 e. The number of aryl methyl sites for hydroxylation is 2. The molecule has 4 rings (SSSR count). The molecule has 0 bridgehead atoms. The Morgan fingerprint density at radius 1 is 1.15 bits per heavy atom. The van der Waals surface area contributed by atoms with E-state index in [2.05, 4.69) is 20.0 Å². The van der Waals surface area contributed by atoms with Gasteiger partial charge in [-0.05, 0) is 13.0 Å². The van der Waals surface area contributed by atoms with Crippen LogP contribution >= 0.6 is 0 Å². The monoisotopic (exact) mass is 353 g/mol. The number of amides is 1. The second kappa shape index (κ2) is 6.25. The molecule has 1 fully saturated rings. The third-order valence-electron chi connectivity index (χ3n) is 4.58. The van der Waals surface area contributed by atoms with Crippen molar-refractivity contribution in [3.05, 3.63) is 52.5 Å². The quantitative estimate of drug-likeness (QED) is 0.649. The number of pyridine rings is 1. The number of rotatable bonds is 2. The third kappa shape index (κ3) is 2.81. The lowest BCUT2D eigenvalue weighted by Gasteiger charge is -2.35. The number of fused-ring (bicyclic) bond motifs is 1. The fraction of sp³-hybridized carbons (Fsp3) is 0.353. The van der Waals surface area contributed by atoms with Crippen LogP contribution in [0.15, 0.2) is 35.5 Å². The number of piperazine rings is 1. The molecule has 0 radical (unpaired) electrons. The van der Waals surface area contributed by atoms with Crippen molar-refractivity contribution < 1.29 is 4.79 Å². The van der Waals surface area contributed by atoms with Crippen LogP contribution in [0.1, 0.15) is 16.2 Å². The molecular formula is C17H19N7O2. The molecule has 9 nitrogen and oxygen atoms in total. The Bertz CT molecular complexity index is 1030. The summed E-state index contributed by atoms with van der Waals surface area (Å²) in [5.41, 5.74) is 0.949. The number of hydrogen-bond acceptors (Lipinski definition) is 6. The molecule has 0 saturated carbocycles. The minimum atomic E-state index is -0.186. The zero-order valence-electron chi connectivity index (χ0n) is 14.7. The summed E-state index contributed by atoms with van der Waals surface area (Å²) >= 11 is 0. The molecule has 9 heteroatoms. The SMILES string of the molecule is Cc1nc2cncc(N3CCN(C(=O)c4ccn(C)c(=O)c4)CC3)n2n1. The Morgan fingerprint density at radius 2 is 1.92 bits per heavy atom. The number of anilines is 1. The second-order valence-corrected chi connectivity index (χ2v) is 6.34. The van der Waals surface area contributed by atoms with Gasteiger partial charge in [0.2, 0.25) is 0 Å². The van der Waals surface area contributed by atoms with Gasteiger partial charge >= 0.3 is 0 Å². The number of carbonyl (C=O) groups excluding carboxylic acids is 1. The van der Waals surface area contributed by atoms with E-state index in [0.717, 1.165) is 5.82 Å². The fourth-order valence-electron chi connectivity index (χ4n) is 3.13. The Kier molecular flexibility index (Phi) is 3.90. The van der Waals surface area contributed by atoms with Crippen LogP contribution in [0.2, 0.25) is 0 Å². The topological polar surface area (TPSA) is 88.6 Å². The number of aromatic nitrogens is 5. The van der Waals surface area contributed by atoms with Gasteiger partial charge in [-0.2, -0.15) is 4.52 Å². The van der Waals surface area contributed by atoms with Crippen LogP contribution in [0, 0.1) is 6.92 Å². The van der Waals surface area contributed by atoms with Crippen molar-refractivity contribution in [1.29, 1.82) is 0 Å². The highest BCUT2D eigenvalue weighted by Gasteiger charge is 2.24. The predicted molar refractivity (Wildman–Crippen MR) is 95.3 cm³/mol. The van der Waals surface area contributed by atoms with Gasteiger partial charge in [0, 0.05) is 51.1 Å². The molecule has 1 amide bonds. The normalized spacial score (nSPS) is 14.8. The van der Waals surface area contributed by atoms with E-state index in [9.17, 15) is 9.59 Å². The second-order valence-electron chi connectivity index (χ2n) is 6.34. The first-order valence-electron chi connectivity index (χ1n) is 8.41. The fourth-order valence-corrected chi connectivity index (χ4v) is 3.13.